The molecule has 0 saturated carbocycles. The maximum absolute atomic E-state index is 9.42. The van der Waals surface area contributed by atoms with E-state index in [-0.39, 0.29) is 28.3 Å². The lowest BCUT2D eigenvalue weighted by Gasteiger charge is -2.01. The molecular weight excluding hydrogens is 236 g/mol. The lowest BCUT2D eigenvalue weighted by molar-refractivity contribution is 0.480. The summed E-state index contributed by atoms with van der Waals surface area (Å²) >= 11 is 11.5. The number of benzene rings is 1. The van der Waals surface area contributed by atoms with Gasteiger partial charge in [-0.1, -0.05) is 35.3 Å². The third-order valence-corrected chi connectivity index (χ3v) is 2.41. The van der Waals surface area contributed by atoms with E-state index >= 15 is 0 Å². The summed E-state index contributed by atoms with van der Waals surface area (Å²) < 4.78 is 0. The van der Waals surface area contributed by atoms with Gasteiger partial charge in [0, 0.05) is 22.7 Å². The highest BCUT2D eigenvalue weighted by molar-refractivity contribution is 6.41. The standard InChI is InChI=1S/C9H5Cl2NO.Al/c10-6-4-5-2-1-3-7(13)8(5)12-9(6)11;/h1-4,13H;. The molecule has 14 heavy (non-hydrogen) atoms. The molecule has 2 aromatic rings. The second-order valence-corrected chi connectivity index (χ2v) is 3.38. The first-order valence-electron chi connectivity index (χ1n) is 3.62. The van der Waals surface area contributed by atoms with Crippen LogP contribution in [0.1, 0.15) is 0 Å². The number of rotatable bonds is 0. The predicted octanol–water partition coefficient (Wildman–Crippen LogP) is 2.87. The van der Waals surface area contributed by atoms with Crippen molar-refractivity contribution >= 4 is 51.5 Å². The predicted molar refractivity (Wildman–Crippen MR) is 59.2 cm³/mol. The first-order chi connectivity index (χ1) is 6.18. The van der Waals surface area contributed by atoms with Gasteiger partial charge in [0.2, 0.25) is 0 Å². The molecule has 2 nitrogen and oxygen atoms in total. The number of halogens is 2. The Balaban J connectivity index is 0.000000980. The van der Waals surface area contributed by atoms with Crippen molar-refractivity contribution < 1.29 is 5.11 Å². The third-order valence-electron chi connectivity index (χ3n) is 1.74. The van der Waals surface area contributed by atoms with Crippen LogP contribution in [0.4, 0.5) is 0 Å². The third kappa shape index (κ3) is 1.97. The fraction of sp³-hybridized carbons (Fsp3) is 0. The lowest BCUT2D eigenvalue weighted by Crippen LogP contribution is -1.81. The van der Waals surface area contributed by atoms with Crippen LogP contribution in [-0.4, -0.2) is 27.5 Å². The molecule has 1 aromatic carbocycles. The monoisotopic (exact) mass is 240 g/mol. The van der Waals surface area contributed by atoms with E-state index in [1.807, 2.05) is 6.07 Å². The van der Waals surface area contributed by atoms with Crippen LogP contribution in [0.2, 0.25) is 10.2 Å². The second kappa shape index (κ2) is 4.38. The number of fused-ring (bicyclic) bond motifs is 1. The summed E-state index contributed by atoms with van der Waals surface area (Å²) in [7, 11) is 0. The van der Waals surface area contributed by atoms with Gasteiger partial charge in [0.15, 0.2) is 0 Å². The minimum atomic E-state index is 0. The zero-order valence-corrected chi connectivity index (χ0v) is 9.70. The Kier molecular flexibility index (Phi) is 3.63. The summed E-state index contributed by atoms with van der Waals surface area (Å²) in [5, 5.41) is 10.8. The molecule has 0 spiro atoms. The topological polar surface area (TPSA) is 33.1 Å². The zero-order chi connectivity index (χ0) is 9.42. The summed E-state index contributed by atoms with van der Waals surface area (Å²) in [6.07, 6.45) is 0. The molecule has 1 heterocycles. The number of para-hydroxylation sites is 1. The largest absolute Gasteiger partial charge is 0.506 e. The van der Waals surface area contributed by atoms with Crippen LogP contribution < -0.4 is 0 Å². The van der Waals surface area contributed by atoms with Crippen LogP contribution in [0.3, 0.4) is 0 Å². The number of nitrogens with zero attached hydrogens (tertiary/aromatic N) is 1. The summed E-state index contributed by atoms with van der Waals surface area (Å²) in [5.41, 5.74) is 0.469. The molecule has 0 amide bonds. The van der Waals surface area contributed by atoms with Crippen molar-refractivity contribution in [2.45, 2.75) is 0 Å². The highest BCUT2D eigenvalue weighted by Crippen LogP contribution is 2.28. The van der Waals surface area contributed by atoms with E-state index in [4.69, 9.17) is 23.2 Å². The molecule has 2 rings (SSSR count). The fourth-order valence-electron chi connectivity index (χ4n) is 1.13. The van der Waals surface area contributed by atoms with Crippen molar-refractivity contribution in [1.82, 2.24) is 4.98 Å². The number of hydrogen-bond donors (Lipinski definition) is 1. The van der Waals surface area contributed by atoms with Gasteiger partial charge in [0.05, 0.1) is 5.02 Å². The minimum absolute atomic E-state index is 0. The quantitative estimate of drug-likeness (QED) is 0.568. The zero-order valence-electron chi connectivity index (χ0n) is 7.04. The molecular formula is C9H5AlCl2NO. The number of pyridine rings is 1. The van der Waals surface area contributed by atoms with E-state index in [0.717, 1.165) is 5.39 Å². The summed E-state index contributed by atoms with van der Waals surface area (Å²) in [6, 6.07) is 6.76. The van der Waals surface area contributed by atoms with Crippen molar-refractivity contribution in [1.29, 1.82) is 0 Å². The van der Waals surface area contributed by atoms with Gasteiger partial charge in [-0.3, -0.25) is 0 Å². The number of phenols is 1. The van der Waals surface area contributed by atoms with Gasteiger partial charge in [-0.05, 0) is 12.1 Å². The van der Waals surface area contributed by atoms with Gasteiger partial charge in [0.25, 0.3) is 0 Å². The normalized spacial score (nSPS) is 9.86. The smallest absolute Gasteiger partial charge is 0.148 e. The van der Waals surface area contributed by atoms with Gasteiger partial charge in [-0.25, -0.2) is 4.98 Å². The molecule has 1 N–H and O–H groups in total. The Morgan fingerprint density at radius 2 is 1.93 bits per heavy atom. The first-order valence-corrected chi connectivity index (χ1v) is 4.38. The van der Waals surface area contributed by atoms with Gasteiger partial charge in [-0.15, -0.1) is 0 Å². The number of phenolic OH excluding ortho intramolecular Hbond substituents is 1. The minimum Gasteiger partial charge on any atom is -0.506 e. The van der Waals surface area contributed by atoms with Gasteiger partial charge in [0.1, 0.15) is 16.4 Å². The molecule has 0 fully saturated rings. The molecule has 0 atom stereocenters. The SMILES string of the molecule is Oc1cccc2cc(Cl)c(Cl)nc12.[Al]. The molecule has 1 aromatic heterocycles. The Morgan fingerprint density at radius 1 is 1.21 bits per heavy atom. The van der Waals surface area contributed by atoms with Crippen LogP contribution >= 0.6 is 23.2 Å². The first kappa shape index (κ1) is 11.6. The molecule has 5 heteroatoms. The molecule has 0 aliphatic rings. The fourth-order valence-corrected chi connectivity index (χ4v) is 1.43. The molecule has 0 unspecified atom stereocenters. The molecule has 69 valence electrons. The van der Waals surface area contributed by atoms with E-state index in [1.165, 1.54) is 0 Å². The molecule has 0 saturated heterocycles. The summed E-state index contributed by atoms with van der Waals surface area (Å²) in [6.45, 7) is 0. The highest BCUT2D eigenvalue weighted by Gasteiger charge is 2.05. The number of aromatic nitrogens is 1. The van der Waals surface area contributed by atoms with E-state index in [1.54, 1.807) is 18.2 Å². The van der Waals surface area contributed by atoms with Crippen molar-refractivity contribution in [3.05, 3.63) is 34.4 Å². The molecule has 0 aliphatic heterocycles. The second-order valence-electron chi connectivity index (χ2n) is 2.61. The summed E-state index contributed by atoms with van der Waals surface area (Å²) in [4.78, 5) is 3.96. The Labute approximate surface area is 102 Å². The molecule has 3 radical (unpaired) electrons. The van der Waals surface area contributed by atoms with Crippen LogP contribution in [-0.2, 0) is 0 Å². The molecule has 0 bridgehead atoms. The van der Waals surface area contributed by atoms with Gasteiger partial charge < -0.3 is 5.11 Å². The van der Waals surface area contributed by atoms with E-state index in [0.29, 0.717) is 10.5 Å². The average molecular weight is 241 g/mol. The van der Waals surface area contributed by atoms with E-state index in [9.17, 15) is 5.11 Å². The average Bonchev–Trinajstić information content (AvgIpc) is 2.09. The van der Waals surface area contributed by atoms with Gasteiger partial charge in [-0.2, -0.15) is 0 Å². The van der Waals surface area contributed by atoms with Crippen LogP contribution in [0, 0.1) is 0 Å². The van der Waals surface area contributed by atoms with Crippen molar-refractivity contribution in [2.24, 2.45) is 0 Å². The van der Waals surface area contributed by atoms with Crippen LogP contribution in [0.5, 0.6) is 5.75 Å². The van der Waals surface area contributed by atoms with E-state index in [2.05, 4.69) is 4.98 Å². The Morgan fingerprint density at radius 3 is 2.64 bits per heavy atom. The maximum Gasteiger partial charge on any atom is 0.148 e. The summed E-state index contributed by atoms with van der Waals surface area (Å²) in [5.74, 6) is 0.107. The number of hydrogen-bond acceptors (Lipinski definition) is 2. The molecule has 0 aliphatic carbocycles. The lowest BCUT2D eigenvalue weighted by atomic mass is 10.2. The van der Waals surface area contributed by atoms with Gasteiger partial charge >= 0.3 is 0 Å². The van der Waals surface area contributed by atoms with Crippen LogP contribution in [0.15, 0.2) is 24.3 Å². The Bertz CT molecular complexity index is 476. The maximum atomic E-state index is 9.42. The number of aromatic hydroxyl groups is 1. The van der Waals surface area contributed by atoms with Crippen molar-refractivity contribution in [3.63, 3.8) is 0 Å². The highest BCUT2D eigenvalue weighted by atomic mass is 35.5. The Hall–Kier alpha value is -0.458. The van der Waals surface area contributed by atoms with Crippen molar-refractivity contribution in [2.75, 3.05) is 0 Å². The van der Waals surface area contributed by atoms with Crippen molar-refractivity contribution in [3.8, 4) is 5.75 Å². The van der Waals surface area contributed by atoms with E-state index < -0.39 is 0 Å². The van der Waals surface area contributed by atoms with Crippen LogP contribution in [0.25, 0.3) is 10.9 Å².